The van der Waals surface area contributed by atoms with Crippen molar-refractivity contribution in [1.29, 1.82) is 0 Å². The minimum Gasteiger partial charge on any atom is -0.352 e. The lowest BCUT2D eigenvalue weighted by atomic mass is 10.1. The van der Waals surface area contributed by atoms with E-state index in [-0.39, 0.29) is 11.8 Å². The van der Waals surface area contributed by atoms with Gasteiger partial charge in [-0.15, -0.1) is 0 Å². The molecule has 0 bridgehead atoms. The van der Waals surface area contributed by atoms with Crippen molar-refractivity contribution in [3.05, 3.63) is 53.6 Å². The molecule has 5 nitrogen and oxygen atoms in total. The van der Waals surface area contributed by atoms with E-state index in [1.54, 1.807) is 16.7 Å². The Morgan fingerprint density at radius 3 is 2.69 bits per heavy atom. The van der Waals surface area contributed by atoms with Crippen LogP contribution in [-0.4, -0.2) is 49.4 Å². The van der Waals surface area contributed by atoms with E-state index in [1.807, 2.05) is 49.4 Å². The van der Waals surface area contributed by atoms with Crippen molar-refractivity contribution >= 4 is 29.3 Å². The van der Waals surface area contributed by atoms with Crippen molar-refractivity contribution in [3.63, 3.8) is 0 Å². The molecule has 1 N–H and O–H groups in total. The van der Waals surface area contributed by atoms with Gasteiger partial charge in [-0.2, -0.15) is 0 Å². The molecule has 0 unspecified atom stereocenters. The molecule has 2 amide bonds. The van der Waals surface area contributed by atoms with E-state index in [0.717, 1.165) is 28.4 Å². The maximum atomic E-state index is 13.1. The molecule has 1 fully saturated rings. The molecule has 0 spiro atoms. The molecule has 2 aliphatic heterocycles. The summed E-state index contributed by atoms with van der Waals surface area (Å²) in [7, 11) is 0. The molecular weight excluding hydrogens is 382 g/mol. The summed E-state index contributed by atoms with van der Waals surface area (Å²) in [5, 5.41) is 3.03. The molecule has 6 heteroatoms. The van der Waals surface area contributed by atoms with Gasteiger partial charge in [0.2, 0.25) is 0 Å². The Hall–Kier alpha value is -2.31. The number of rotatable bonds is 6. The standard InChI is InChI=1S/C23H27N3O2S/c1-2-26-19-16-17(22(27)24-12-7-15-25-13-5-6-14-25)10-11-21(19)29-20-9-4-3-8-18(20)23(26)28/h3-4,8-11,16H,2,5-7,12-15H2,1H3,(H,24,27). The van der Waals surface area contributed by atoms with Crippen molar-refractivity contribution in [1.82, 2.24) is 10.2 Å². The van der Waals surface area contributed by atoms with E-state index in [2.05, 4.69) is 10.2 Å². The van der Waals surface area contributed by atoms with Crippen LogP contribution < -0.4 is 10.2 Å². The van der Waals surface area contributed by atoms with Gasteiger partial charge in [-0.1, -0.05) is 23.9 Å². The first-order chi connectivity index (χ1) is 14.2. The SMILES string of the molecule is CCN1C(=O)c2ccccc2Sc2ccc(C(=O)NCCCN3CCCC3)cc21. The van der Waals surface area contributed by atoms with Crippen molar-refractivity contribution in [2.45, 2.75) is 36.0 Å². The van der Waals surface area contributed by atoms with E-state index >= 15 is 0 Å². The van der Waals surface area contributed by atoms with Crippen LogP contribution >= 0.6 is 11.8 Å². The molecule has 2 aromatic rings. The van der Waals surface area contributed by atoms with Crippen molar-refractivity contribution in [3.8, 4) is 0 Å². The Balaban J connectivity index is 1.48. The van der Waals surface area contributed by atoms with Gasteiger partial charge in [0.05, 0.1) is 11.3 Å². The summed E-state index contributed by atoms with van der Waals surface area (Å²) in [6, 6.07) is 13.3. The zero-order valence-corrected chi connectivity index (χ0v) is 17.6. The molecular formula is C23H27N3O2S. The molecule has 0 aromatic heterocycles. The van der Waals surface area contributed by atoms with Crippen molar-refractivity contribution in [2.75, 3.05) is 37.6 Å². The molecule has 0 radical (unpaired) electrons. The molecule has 152 valence electrons. The van der Waals surface area contributed by atoms with Gasteiger partial charge in [0.15, 0.2) is 0 Å². The third kappa shape index (κ3) is 4.33. The first-order valence-electron chi connectivity index (χ1n) is 10.4. The molecule has 4 rings (SSSR count). The second kappa shape index (κ2) is 9.01. The fourth-order valence-corrected chi connectivity index (χ4v) is 5.05. The Morgan fingerprint density at radius 1 is 1.10 bits per heavy atom. The number of fused-ring (bicyclic) bond motifs is 2. The van der Waals surface area contributed by atoms with Crippen LogP contribution in [-0.2, 0) is 0 Å². The first-order valence-corrected chi connectivity index (χ1v) is 11.2. The average molecular weight is 410 g/mol. The quantitative estimate of drug-likeness (QED) is 0.732. The fourth-order valence-electron chi connectivity index (χ4n) is 3.99. The van der Waals surface area contributed by atoms with Crippen molar-refractivity contribution < 1.29 is 9.59 Å². The number of anilines is 1. The number of nitrogens with zero attached hydrogens (tertiary/aromatic N) is 2. The van der Waals surface area contributed by atoms with E-state index in [9.17, 15) is 9.59 Å². The van der Waals surface area contributed by atoms with Gasteiger partial charge in [-0.3, -0.25) is 9.59 Å². The zero-order valence-electron chi connectivity index (χ0n) is 16.8. The Morgan fingerprint density at radius 2 is 1.90 bits per heavy atom. The summed E-state index contributed by atoms with van der Waals surface area (Å²) in [6.07, 6.45) is 3.54. The highest BCUT2D eigenvalue weighted by atomic mass is 32.2. The predicted octanol–water partition coefficient (Wildman–Crippen LogP) is 4.03. The molecule has 1 saturated heterocycles. The number of hydrogen-bond donors (Lipinski definition) is 1. The molecule has 0 aliphatic carbocycles. The van der Waals surface area contributed by atoms with Gasteiger partial charge in [-0.25, -0.2) is 0 Å². The lowest BCUT2D eigenvalue weighted by Gasteiger charge is -2.21. The van der Waals surface area contributed by atoms with Crippen LogP contribution in [0.5, 0.6) is 0 Å². The highest BCUT2D eigenvalue weighted by Gasteiger charge is 2.26. The third-order valence-electron chi connectivity index (χ3n) is 5.55. The molecule has 29 heavy (non-hydrogen) atoms. The lowest BCUT2D eigenvalue weighted by molar-refractivity contribution is 0.0948. The minimum atomic E-state index is -0.0792. The van der Waals surface area contributed by atoms with Gasteiger partial charge in [0.25, 0.3) is 11.8 Å². The van der Waals surface area contributed by atoms with E-state index in [4.69, 9.17) is 0 Å². The van der Waals surface area contributed by atoms with Gasteiger partial charge in [0, 0.05) is 28.4 Å². The van der Waals surface area contributed by atoms with Gasteiger partial charge < -0.3 is 15.1 Å². The number of nitrogens with one attached hydrogen (secondary N) is 1. The van der Waals surface area contributed by atoms with Gasteiger partial charge in [0.1, 0.15) is 0 Å². The predicted molar refractivity (Wildman–Crippen MR) is 117 cm³/mol. The highest BCUT2D eigenvalue weighted by molar-refractivity contribution is 7.99. The van der Waals surface area contributed by atoms with Crippen LogP contribution in [0.15, 0.2) is 52.3 Å². The second-order valence-corrected chi connectivity index (χ2v) is 8.57. The van der Waals surface area contributed by atoms with Gasteiger partial charge >= 0.3 is 0 Å². The number of carbonyl (C=O) groups is 2. The lowest BCUT2D eigenvalue weighted by Crippen LogP contribution is -2.31. The Bertz CT molecular complexity index is 909. The number of carbonyl (C=O) groups excluding carboxylic acids is 2. The van der Waals surface area contributed by atoms with E-state index < -0.39 is 0 Å². The maximum Gasteiger partial charge on any atom is 0.259 e. The topological polar surface area (TPSA) is 52.7 Å². The zero-order chi connectivity index (χ0) is 20.2. The van der Waals surface area contributed by atoms with Crippen LogP contribution in [0.25, 0.3) is 0 Å². The second-order valence-electron chi connectivity index (χ2n) is 7.49. The number of likely N-dealkylation sites (tertiary alicyclic amines) is 1. The first kappa shape index (κ1) is 20.0. The third-order valence-corrected chi connectivity index (χ3v) is 6.69. The number of hydrogen-bond acceptors (Lipinski definition) is 4. The molecule has 0 atom stereocenters. The average Bonchev–Trinajstić information content (AvgIpc) is 3.22. The molecule has 2 heterocycles. The van der Waals surface area contributed by atoms with E-state index in [1.165, 1.54) is 25.9 Å². The Kier molecular flexibility index (Phi) is 6.21. The summed E-state index contributed by atoms with van der Waals surface area (Å²) >= 11 is 1.58. The molecule has 2 aliphatic rings. The maximum absolute atomic E-state index is 13.1. The van der Waals surface area contributed by atoms with Crippen LogP contribution in [0, 0.1) is 0 Å². The Labute approximate surface area is 176 Å². The smallest absolute Gasteiger partial charge is 0.259 e. The summed E-state index contributed by atoms with van der Waals surface area (Å²) in [4.78, 5) is 31.9. The van der Waals surface area contributed by atoms with Crippen LogP contribution in [0.1, 0.15) is 46.9 Å². The highest BCUT2D eigenvalue weighted by Crippen LogP contribution is 2.41. The summed E-state index contributed by atoms with van der Waals surface area (Å²) < 4.78 is 0. The number of benzene rings is 2. The normalized spacial score (nSPS) is 16.3. The molecule has 0 saturated carbocycles. The van der Waals surface area contributed by atoms with Crippen LogP contribution in [0.2, 0.25) is 0 Å². The summed E-state index contributed by atoms with van der Waals surface area (Å²) in [6.45, 7) is 6.59. The van der Waals surface area contributed by atoms with Gasteiger partial charge in [-0.05, 0) is 76.2 Å². The van der Waals surface area contributed by atoms with Crippen molar-refractivity contribution in [2.24, 2.45) is 0 Å². The van der Waals surface area contributed by atoms with Crippen LogP contribution in [0.4, 0.5) is 5.69 Å². The van der Waals surface area contributed by atoms with E-state index in [0.29, 0.717) is 24.2 Å². The summed E-state index contributed by atoms with van der Waals surface area (Å²) in [5.74, 6) is -0.0954. The minimum absolute atomic E-state index is 0.0162. The number of amides is 2. The van der Waals surface area contributed by atoms with Crippen LogP contribution in [0.3, 0.4) is 0 Å². The fraction of sp³-hybridized carbons (Fsp3) is 0.391. The molecule has 2 aromatic carbocycles. The summed E-state index contributed by atoms with van der Waals surface area (Å²) in [5.41, 5.74) is 2.12. The largest absolute Gasteiger partial charge is 0.352 e. The monoisotopic (exact) mass is 409 g/mol.